The van der Waals surface area contributed by atoms with E-state index in [9.17, 15) is 0 Å². The van der Waals surface area contributed by atoms with Gasteiger partial charge in [-0.05, 0) is 26.9 Å². The van der Waals surface area contributed by atoms with Crippen LogP contribution in [0, 0.1) is 0 Å². The van der Waals surface area contributed by atoms with Crippen LogP contribution in [0.1, 0.15) is 27.7 Å². The second-order valence-corrected chi connectivity index (χ2v) is 5.01. The maximum atomic E-state index is 3.41. The molecule has 1 aliphatic heterocycles. The summed E-state index contributed by atoms with van der Waals surface area (Å²) in [7, 11) is 0. The largest absolute Gasteiger partial charge is 0.314 e. The highest BCUT2D eigenvalue weighted by Gasteiger charge is 2.28. The number of hydrogen-bond acceptors (Lipinski definition) is 3. The molecule has 0 radical (unpaired) electrons. The summed E-state index contributed by atoms with van der Waals surface area (Å²) in [6, 6.07) is 0. The molecule has 90 valence electrons. The van der Waals surface area contributed by atoms with Crippen molar-refractivity contribution in [1.29, 1.82) is 0 Å². The molecule has 0 aromatic carbocycles. The fourth-order valence-corrected chi connectivity index (χ4v) is 2.36. The third-order valence-corrected chi connectivity index (χ3v) is 3.48. The fraction of sp³-hybridized carbons (Fsp3) is 1.00. The Morgan fingerprint density at radius 1 is 1.13 bits per heavy atom. The zero-order chi connectivity index (χ0) is 11.3. The quantitative estimate of drug-likeness (QED) is 0.735. The molecule has 1 heterocycles. The van der Waals surface area contributed by atoms with Crippen LogP contribution in [0.2, 0.25) is 0 Å². The lowest BCUT2D eigenvalue weighted by atomic mass is 10.0. The first-order chi connectivity index (χ1) is 7.10. The van der Waals surface area contributed by atoms with Crippen LogP contribution in [0.25, 0.3) is 0 Å². The van der Waals surface area contributed by atoms with E-state index >= 15 is 0 Å². The smallest absolute Gasteiger partial charge is 0.0281 e. The molecular formula is C12H27N3. The van der Waals surface area contributed by atoms with E-state index in [-0.39, 0.29) is 0 Å². The highest BCUT2D eigenvalue weighted by atomic mass is 15.3. The Hall–Kier alpha value is -0.120. The molecule has 3 heteroatoms. The summed E-state index contributed by atoms with van der Waals surface area (Å²) in [5.74, 6) is 0. The van der Waals surface area contributed by atoms with Gasteiger partial charge in [0.1, 0.15) is 0 Å². The van der Waals surface area contributed by atoms with Gasteiger partial charge in [0, 0.05) is 38.3 Å². The summed E-state index contributed by atoms with van der Waals surface area (Å²) in [5.41, 5.74) is 0.314. The van der Waals surface area contributed by atoms with E-state index in [2.05, 4.69) is 42.8 Å². The second-order valence-electron chi connectivity index (χ2n) is 5.01. The predicted molar refractivity (Wildman–Crippen MR) is 66.3 cm³/mol. The lowest BCUT2D eigenvalue weighted by Gasteiger charge is -2.43. The van der Waals surface area contributed by atoms with Crippen LogP contribution in [0.3, 0.4) is 0 Å². The lowest BCUT2D eigenvalue weighted by molar-refractivity contribution is 0.0665. The van der Waals surface area contributed by atoms with Gasteiger partial charge < -0.3 is 10.2 Å². The fourth-order valence-electron chi connectivity index (χ4n) is 2.36. The van der Waals surface area contributed by atoms with Gasteiger partial charge in [-0.25, -0.2) is 0 Å². The standard InChI is InChI=1S/C12H27N3/c1-5-14(6-2)11-12(3,4)15-9-7-13-8-10-15/h13H,5-11H2,1-4H3. The van der Waals surface area contributed by atoms with Gasteiger partial charge in [0.25, 0.3) is 0 Å². The van der Waals surface area contributed by atoms with Gasteiger partial charge in [0.2, 0.25) is 0 Å². The average Bonchev–Trinajstić information content (AvgIpc) is 2.27. The van der Waals surface area contributed by atoms with Gasteiger partial charge >= 0.3 is 0 Å². The molecule has 0 aromatic heterocycles. The van der Waals surface area contributed by atoms with E-state index in [4.69, 9.17) is 0 Å². The Morgan fingerprint density at radius 3 is 2.13 bits per heavy atom. The summed E-state index contributed by atoms with van der Waals surface area (Å²) in [4.78, 5) is 5.13. The first-order valence-electron chi connectivity index (χ1n) is 6.28. The predicted octanol–water partition coefficient (Wildman–Crippen LogP) is 1.01. The maximum Gasteiger partial charge on any atom is 0.0281 e. The zero-order valence-electron chi connectivity index (χ0n) is 10.8. The Balaban J connectivity index is 2.47. The van der Waals surface area contributed by atoms with Crippen molar-refractivity contribution in [3.63, 3.8) is 0 Å². The maximum absolute atomic E-state index is 3.41. The van der Waals surface area contributed by atoms with Crippen LogP contribution >= 0.6 is 0 Å². The average molecular weight is 213 g/mol. The van der Waals surface area contributed by atoms with E-state index in [1.54, 1.807) is 0 Å². The van der Waals surface area contributed by atoms with E-state index in [1.807, 2.05) is 0 Å². The highest BCUT2D eigenvalue weighted by molar-refractivity contribution is 4.87. The first-order valence-corrected chi connectivity index (χ1v) is 6.28. The van der Waals surface area contributed by atoms with E-state index in [1.165, 1.54) is 19.6 Å². The van der Waals surface area contributed by atoms with Crippen LogP contribution in [0.15, 0.2) is 0 Å². The molecular weight excluding hydrogens is 186 g/mol. The molecule has 1 rings (SSSR count). The SMILES string of the molecule is CCN(CC)CC(C)(C)N1CCNCC1. The summed E-state index contributed by atoms with van der Waals surface area (Å²) in [6.07, 6.45) is 0. The van der Waals surface area contributed by atoms with Gasteiger partial charge in [-0.1, -0.05) is 13.8 Å². The Labute approximate surface area is 94.8 Å². The summed E-state index contributed by atoms with van der Waals surface area (Å²) in [5, 5.41) is 3.41. The number of nitrogens with zero attached hydrogens (tertiary/aromatic N) is 2. The molecule has 0 bridgehead atoms. The van der Waals surface area contributed by atoms with Crippen molar-refractivity contribution in [1.82, 2.24) is 15.1 Å². The summed E-state index contributed by atoms with van der Waals surface area (Å²) >= 11 is 0. The van der Waals surface area contributed by atoms with Crippen molar-refractivity contribution >= 4 is 0 Å². The van der Waals surface area contributed by atoms with E-state index in [0.29, 0.717) is 5.54 Å². The molecule has 0 unspecified atom stereocenters. The molecule has 0 spiro atoms. The third kappa shape index (κ3) is 3.74. The van der Waals surface area contributed by atoms with Crippen LogP contribution in [-0.2, 0) is 0 Å². The Morgan fingerprint density at radius 2 is 1.67 bits per heavy atom. The molecule has 0 saturated carbocycles. The number of hydrogen-bond donors (Lipinski definition) is 1. The van der Waals surface area contributed by atoms with E-state index in [0.717, 1.165) is 26.2 Å². The highest BCUT2D eigenvalue weighted by Crippen LogP contribution is 2.16. The first kappa shape index (κ1) is 12.9. The molecule has 0 atom stereocenters. The minimum Gasteiger partial charge on any atom is -0.314 e. The molecule has 3 nitrogen and oxygen atoms in total. The molecule has 15 heavy (non-hydrogen) atoms. The topological polar surface area (TPSA) is 18.5 Å². The second kappa shape index (κ2) is 5.83. The Bertz CT molecular complexity index is 170. The van der Waals surface area contributed by atoms with Crippen LogP contribution in [0.4, 0.5) is 0 Å². The number of nitrogens with one attached hydrogen (secondary N) is 1. The van der Waals surface area contributed by atoms with Crippen molar-refractivity contribution in [3.05, 3.63) is 0 Å². The minimum atomic E-state index is 0.314. The van der Waals surface area contributed by atoms with Crippen molar-refractivity contribution in [3.8, 4) is 0 Å². The van der Waals surface area contributed by atoms with Gasteiger partial charge in [-0.15, -0.1) is 0 Å². The van der Waals surface area contributed by atoms with Crippen molar-refractivity contribution < 1.29 is 0 Å². The van der Waals surface area contributed by atoms with Gasteiger partial charge in [-0.2, -0.15) is 0 Å². The van der Waals surface area contributed by atoms with E-state index < -0.39 is 0 Å². The summed E-state index contributed by atoms with van der Waals surface area (Å²) in [6.45, 7) is 17.4. The molecule has 1 N–H and O–H groups in total. The molecule has 0 aromatic rings. The van der Waals surface area contributed by atoms with Gasteiger partial charge in [0.05, 0.1) is 0 Å². The number of likely N-dealkylation sites (N-methyl/N-ethyl adjacent to an activating group) is 1. The molecule has 0 aliphatic carbocycles. The van der Waals surface area contributed by atoms with Crippen molar-refractivity contribution in [2.45, 2.75) is 33.2 Å². The minimum absolute atomic E-state index is 0.314. The monoisotopic (exact) mass is 213 g/mol. The molecule has 0 amide bonds. The third-order valence-electron chi connectivity index (χ3n) is 3.48. The van der Waals surface area contributed by atoms with Crippen molar-refractivity contribution in [2.24, 2.45) is 0 Å². The molecule has 1 aliphatic rings. The summed E-state index contributed by atoms with van der Waals surface area (Å²) < 4.78 is 0. The van der Waals surface area contributed by atoms with Gasteiger partial charge in [0.15, 0.2) is 0 Å². The Kier molecular flexibility index (Phi) is 5.03. The van der Waals surface area contributed by atoms with Gasteiger partial charge in [-0.3, -0.25) is 4.90 Å². The number of piperazine rings is 1. The molecule has 1 fully saturated rings. The molecule has 1 saturated heterocycles. The van der Waals surface area contributed by atoms with Crippen LogP contribution in [0.5, 0.6) is 0 Å². The number of rotatable bonds is 5. The van der Waals surface area contributed by atoms with Crippen molar-refractivity contribution in [2.75, 3.05) is 45.8 Å². The van der Waals surface area contributed by atoms with Crippen LogP contribution in [-0.4, -0.2) is 61.2 Å². The lowest BCUT2D eigenvalue weighted by Crippen LogP contribution is -2.57. The zero-order valence-corrected chi connectivity index (χ0v) is 10.8. The normalized spacial score (nSPS) is 19.8. The van der Waals surface area contributed by atoms with Crippen LogP contribution < -0.4 is 5.32 Å².